The van der Waals surface area contributed by atoms with Crippen LogP contribution in [0, 0.1) is 0 Å². The van der Waals surface area contributed by atoms with Gasteiger partial charge >= 0.3 is 0 Å². The number of carbonyl (C=O) groups excluding carboxylic acids is 1. The van der Waals surface area contributed by atoms with Gasteiger partial charge in [-0.25, -0.2) is 0 Å². The largest absolute Gasteiger partial charge is 0.505 e. The lowest BCUT2D eigenvalue weighted by Crippen LogP contribution is -2.08. The number of phenolic OH excluding ortho intramolecular Hbond substituents is 1. The summed E-state index contributed by atoms with van der Waals surface area (Å²) in [7, 11) is -15.1. The summed E-state index contributed by atoms with van der Waals surface area (Å²) in [5, 5.41) is 20.3. The predicted molar refractivity (Wildman–Crippen MR) is 145 cm³/mol. The predicted octanol–water partition coefficient (Wildman–Crippen LogP) is 3.27. The van der Waals surface area contributed by atoms with Crippen molar-refractivity contribution in [1.29, 1.82) is 0 Å². The van der Waals surface area contributed by atoms with Crippen LogP contribution in [0.3, 0.4) is 0 Å². The molecule has 0 saturated carbocycles. The Morgan fingerprint density at radius 2 is 1.56 bits per heavy atom. The van der Waals surface area contributed by atoms with Crippen LogP contribution in [0.1, 0.15) is 12.5 Å². The van der Waals surface area contributed by atoms with Gasteiger partial charge in [0.15, 0.2) is 5.75 Å². The molecular formula is C23H20N4O11S3. The van der Waals surface area contributed by atoms with Crippen molar-refractivity contribution >= 4 is 74.9 Å². The number of nitrogens with one attached hydrogen (secondary N) is 1. The number of carbonyl (C=O) groups is 1. The summed E-state index contributed by atoms with van der Waals surface area (Å²) in [6.07, 6.45) is 0. The van der Waals surface area contributed by atoms with Gasteiger partial charge in [0.05, 0.1) is 10.6 Å². The lowest BCUT2D eigenvalue weighted by Gasteiger charge is -2.14. The summed E-state index contributed by atoms with van der Waals surface area (Å²) in [6.45, 7) is 1.07. The third-order valence-corrected chi connectivity index (χ3v) is 8.47. The Kier molecular flexibility index (Phi) is 7.60. The summed E-state index contributed by atoms with van der Waals surface area (Å²) < 4.78 is 102. The summed E-state index contributed by atoms with van der Waals surface area (Å²) >= 11 is 0. The van der Waals surface area contributed by atoms with E-state index in [1.165, 1.54) is 18.2 Å². The van der Waals surface area contributed by atoms with Crippen molar-refractivity contribution in [2.24, 2.45) is 16.0 Å². The molecule has 4 aromatic rings. The molecule has 4 aromatic carbocycles. The highest BCUT2D eigenvalue weighted by molar-refractivity contribution is 7.86. The summed E-state index contributed by atoms with van der Waals surface area (Å²) in [4.78, 5) is 9.18. The number of nitrogens with two attached hydrogens (primary N) is 1. The molecule has 0 aromatic heterocycles. The van der Waals surface area contributed by atoms with Crippen LogP contribution in [-0.2, 0) is 41.7 Å². The summed E-state index contributed by atoms with van der Waals surface area (Å²) in [5.74, 6) is -1.77. The molecule has 0 heterocycles. The number of phenols is 1. The number of hydrogen-bond donors (Lipinski definition) is 6. The fourth-order valence-corrected chi connectivity index (χ4v) is 6.24. The fraction of sp³-hybridized carbons (Fsp3) is 0.0870. The van der Waals surface area contributed by atoms with E-state index in [1.54, 1.807) is 6.07 Å². The molecule has 18 heteroatoms. The molecule has 7 N–H and O–H groups in total. The topological polar surface area (TPSA) is 263 Å². The zero-order chi connectivity index (χ0) is 30.5. The number of hydrogen-bond acceptors (Lipinski definition) is 11. The maximum Gasteiger partial charge on any atom is 0.297 e. The van der Waals surface area contributed by atoms with E-state index < -0.39 is 73.8 Å². The molecule has 41 heavy (non-hydrogen) atoms. The number of nitrogens with zero attached hydrogens (tertiary/aromatic N) is 2. The molecule has 15 nitrogen and oxygen atoms in total. The van der Waals surface area contributed by atoms with Crippen molar-refractivity contribution < 1.29 is 48.8 Å². The van der Waals surface area contributed by atoms with E-state index >= 15 is 0 Å². The first-order chi connectivity index (χ1) is 18.9. The van der Waals surface area contributed by atoms with Crippen molar-refractivity contribution in [3.05, 3.63) is 54.1 Å². The Balaban J connectivity index is 2.08. The van der Waals surface area contributed by atoms with E-state index in [1.807, 2.05) is 0 Å². The second-order valence-electron chi connectivity index (χ2n) is 8.58. The Labute approximate surface area is 232 Å². The molecule has 0 fully saturated rings. The number of amides is 1. The number of benzene rings is 4. The van der Waals surface area contributed by atoms with Gasteiger partial charge in [-0.15, -0.1) is 10.2 Å². The van der Waals surface area contributed by atoms with Gasteiger partial charge in [0.2, 0.25) is 5.91 Å². The van der Waals surface area contributed by atoms with Crippen molar-refractivity contribution in [3.63, 3.8) is 0 Å². The summed E-state index contributed by atoms with van der Waals surface area (Å²) in [6, 6.07) is 9.27. The zero-order valence-corrected chi connectivity index (χ0v) is 23.1. The molecule has 216 valence electrons. The van der Waals surface area contributed by atoms with E-state index in [4.69, 9.17) is 5.73 Å². The highest BCUT2D eigenvalue weighted by Crippen LogP contribution is 2.45. The Morgan fingerprint density at radius 1 is 0.878 bits per heavy atom. The maximum absolute atomic E-state index is 12.3. The molecule has 0 aliphatic rings. The van der Waals surface area contributed by atoms with Crippen LogP contribution >= 0.6 is 0 Å². The number of azo groups is 1. The molecule has 0 radical (unpaired) electrons. The second-order valence-corrected chi connectivity index (χ2v) is 12.7. The van der Waals surface area contributed by atoms with E-state index in [9.17, 15) is 48.8 Å². The maximum atomic E-state index is 12.3. The standard InChI is InChI=1S/C23H20N4O11S3/c1-11(28)25-18-9-14(39(30,31)32)7-13-8-19(40(33,34)35)21(22(29)20(13)18)27-26-17-6-5-15-12(10-24)3-2-4-16(15)23(17)41(36,37)38/h2-9,29H,10,24H2,1H3,(H,25,28)(H,30,31,32)(H,33,34,35)(H,36,37,38). The summed E-state index contributed by atoms with van der Waals surface area (Å²) in [5.41, 5.74) is 4.43. The van der Waals surface area contributed by atoms with Crippen LogP contribution in [0.15, 0.2) is 73.4 Å². The van der Waals surface area contributed by atoms with Crippen LogP contribution in [0.2, 0.25) is 0 Å². The number of aromatic hydroxyl groups is 1. The minimum Gasteiger partial charge on any atom is -0.505 e. The highest BCUT2D eigenvalue weighted by atomic mass is 32.2. The lowest BCUT2D eigenvalue weighted by atomic mass is 10.0. The molecule has 1 amide bonds. The van der Waals surface area contributed by atoms with Crippen LogP contribution in [0.25, 0.3) is 21.5 Å². The normalized spacial score (nSPS) is 12.8. The minimum atomic E-state index is -5.21. The first kappa shape index (κ1) is 29.9. The van der Waals surface area contributed by atoms with E-state index in [-0.39, 0.29) is 22.7 Å². The van der Waals surface area contributed by atoms with Crippen molar-refractivity contribution in [1.82, 2.24) is 0 Å². The molecule has 0 aliphatic carbocycles. The first-order valence-corrected chi connectivity index (χ1v) is 15.5. The van der Waals surface area contributed by atoms with Gasteiger partial charge < -0.3 is 16.2 Å². The third kappa shape index (κ3) is 5.88. The van der Waals surface area contributed by atoms with Gasteiger partial charge in [-0.05, 0) is 40.6 Å². The molecule has 0 unspecified atom stereocenters. The van der Waals surface area contributed by atoms with Crippen LogP contribution in [0.5, 0.6) is 5.75 Å². The monoisotopic (exact) mass is 624 g/mol. The molecule has 4 rings (SSSR count). The highest BCUT2D eigenvalue weighted by Gasteiger charge is 2.26. The molecule has 0 aliphatic heterocycles. The van der Waals surface area contributed by atoms with E-state index in [0.29, 0.717) is 17.0 Å². The smallest absolute Gasteiger partial charge is 0.297 e. The molecular weight excluding hydrogens is 604 g/mol. The van der Waals surface area contributed by atoms with Gasteiger partial charge in [0, 0.05) is 24.2 Å². The Morgan fingerprint density at radius 3 is 2.12 bits per heavy atom. The Hall–Kier alpha value is -4.04. The average molecular weight is 625 g/mol. The van der Waals surface area contributed by atoms with Gasteiger partial charge in [0.1, 0.15) is 21.2 Å². The van der Waals surface area contributed by atoms with Crippen molar-refractivity contribution in [2.45, 2.75) is 28.2 Å². The van der Waals surface area contributed by atoms with E-state index in [0.717, 1.165) is 25.1 Å². The number of rotatable bonds is 7. The molecule has 0 bridgehead atoms. The van der Waals surface area contributed by atoms with Gasteiger partial charge in [-0.1, -0.05) is 24.3 Å². The zero-order valence-electron chi connectivity index (χ0n) is 20.7. The second kappa shape index (κ2) is 10.4. The average Bonchev–Trinajstić information content (AvgIpc) is 2.84. The van der Waals surface area contributed by atoms with Crippen LogP contribution in [-0.4, -0.2) is 49.9 Å². The molecule has 0 atom stereocenters. The van der Waals surface area contributed by atoms with Gasteiger partial charge in [0.25, 0.3) is 30.4 Å². The van der Waals surface area contributed by atoms with E-state index in [2.05, 4.69) is 15.5 Å². The first-order valence-electron chi connectivity index (χ1n) is 11.1. The van der Waals surface area contributed by atoms with Gasteiger partial charge in [-0.3, -0.25) is 18.5 Å². The van der Waals surface area contributed by atoms with Crippen molar-refractivity contribution in [2.75, 3.05) is 5.32 Å². The van der Waals surface area contributed by atoms with Gasteiger partial charge in [-0.2, -0.15) is 25.3 Å². The lowest BCUT2D eigenvalue weighted by molar-refractivity contribution is -0.114. The third-order valence-electron chi connectivity index (χ3n) is 5.83. The molecule has 0 saturated heterocycles. The molecule has 0 spiro atoms. The van der Waals surface area contributed by atoms with Crippen molar-refractivity contribution in [3.8, 4) is 5.75 Å². The van der Waals surface area contributed by atoms with Crippen LogP contribution < -0.4 is 11.1 Å². The fourth-order valence-electron chi connectivity index (χ4n) is 4.21. The SMILES string of the molecule is CC(=O)Nc1cc(S(=O)(=O)O)cc2cc(S(=O)(=O)O)c(N=Nc3ccc4c(CN)cccc4c3S(=O)(=O)O)c(O)c12. The number of fused-ring (bicyclic) bond motifs is 2. The minimum absolute atomic E-state index is 0.00956. The quantitative estimate of drug-likeness (QED) is 0.128. The number of anilines is 1. The van der Waals surface area contributed by atoms with Crippen LogP contribution in [0.4, 0.5) is 17.1 Å². The Bertz CT molecular complexity index is 2130.